The number of aromatic nitrogens is 2. The molecule has 2 aliphatic rings. The van der Waals surface area contributed by atoms with E-state index in [1.54, 1.807) is 10.4 Å². The van der Waals surface area contributed by atoms with Gasteiger partial charge < -0.3 is 10.2 Å². The van der Waals surface area contributed by atoms with Gasteiger partial charge in [0.1, 0.15) is 16.5 Å². The zero-order valence-electron chi connectivity index (χ0n) is 15.1. The maximum Gasteiger partial charge on any atom is 0.141 e. The lowest BCUT2D eigenvalue weighted by Crippen LogP contribution is -2.44. The van der Waals surface area contributed by atoms with Gasteiger partial charge in [0.15, 0.2) is 0 Å². The van der Waals surface area contributed by atoms with Crippen molar-refractivity contribution in [2.45, 2.75) is 52.4 Å². The van der Waals surface area contributed by atoms with Crippen LogP contribution >= 0.6 is 11.3 Å². The summed E-state index contributed by atoms with van der Waals surface area (Å²) in [5, 5.41) is 4.83. The van der Waals surface area contributed by atoms with Crippen LogP contribution in [0.3, 0.4) is 0 Å². The van der Waals surface area contributed by atoms with Gasteiger partial charge in [-0.15, -0.1) is 11.3 Å². The van der Waals surface area contributed by atoms with Crippen molar-refractivity contribution in [2.24, 2.45) is 5.92 Å². The molecule has 1 saturated heterocycles. The Bertz CT molecular complexity index is 733. The third kappa shape index (κ3) is 2.82. The van der Waals surface area contributed by atoms with E-state index in [0.29, 0.717) is 5.92 Å². The summed E-state index contributed by atoms with van der Waals surface area (Å²) in [5.74, 6) is 3.47. The molecule has 1 aliphatic heterocycles. The molecule has 2 aromatic heterocycles. The molecule has 4 rings (SSSR count). The number of fused-ring (bicyclic) bond motifs is 3. The minimum absolute atomic E-state index is 0.425. The van der Waals surface area contributed by atoms with Crippen LogP contribution in [0.1, 0.15) is 55.8 Å². The highest BCUT2D eigenvalue weighted by molar-refractivity contribution is 7.19. The maximum atomic E-state index is 5.09. The average Bonchev–Trinajstić information content (AvgIpc) is 2.98. The zero-order valence-corrected chi connectivity index (χ0v) is 15.9. The molecule has 3 heterocycles. The molecule has 2 unspecified atom stereocenters. The van der Waals surface area contributed by atoms with Crippen LogP contribution in [0.15, 0.2) is 0 Å². The Morgan fingerprint density at radius 1 is 1.29 bits per heavy atom. The summed E-state index contributed by atoms with van der Waals surface area (Å²) < 4.78 is 0. The Kier molecular flexibility index (Phi) is 4.48. The molecule has 1 aliphatic carbocycles. The first-order valence-electron chi connectivity index (χ1n) is 9.45. The summed E-state index contributed by atoms with van der Waals surface area (Å²) in [6.45, 7) is 11.0. The number of rotatable bonds is 3. The molecule has 1 fully saturated rings. The largest absolute Gasteiger partial charge is 0.353 e. The van der Waals surface area contributed by atoms with E-state index in [0.717, 1.165) is 44.3 Å². The van der Waals surface area contributed by atoms with Gasteiger partial charge in [0.2, 0.25) is 0 Å². The Morgan fingerprint density at radius 3 is 2.83 bits per heavy atom. The summed E-state index contributed by atoms with van der Waals surface area (Å²) in [6.07, 6.45) is 4.80. The van der Waals surface area contributed by atoms with Crippen LogP contribution in [0.4, 0.5) is 5.82 Å². The van der Waals surface area contributed by atoms with E-state index in [2.05, 4.69) is 31.0 Å². The lowest BCUT2D eigenvalue weighted by atomic mass is 9.89. The summed E-state index contributed by atoms with van der Waals surface area (Å²) in [5.41, 5.74) is 1.55. The first-order valence-corrected chi connectivity index (χ1v) is 10.3. The molecule has 2 aromatic rings. The first kappa shape index (κ1) is 16.3. The predicted octanol–water partition coefficient (Wildman–Crippen LogP) is 3.74. The number of anilines is 1. The number of nitrogens with one attached hydrogen (secondary N) is 1. The summed E-state index contributed by atoms with van der Waals surface area (Å²) in [7, 11) is 0. The predicted molar refractivity (Wildman–Crippen MR) is 102 cm³/mol. The molecule has 0 bridgehead atoms. The van der Waals surface area contributed by atoms with Crippen molar-refractivity contribution in [3.63, 3.8) is 0 Å². The third-order valence-corrected chi connectivity index (χ3v) is 6.77. The van der Waals surface area contributed by atoms with Gasteiger partial charge in [-0.3, -0.25) is 0 Å². The van der Waals surface area contributed by atoms with Crippen molar-refractivity contribution in [2.75, 3.05) is 31.1 Å². The number of hydrogen-bond acceptors (Lipinski definition) is 5. The van der Waals surface area contributed by atoms with Gasteiger partial charge in [-0.25, -0.2) is 9.97 Å². The first-order chi connectivity index (χ1) is 11.7. The van der Waals surface area contributed by atoms with Crippen LogP contribution in [-0.4, -0.2) is 36.1 Å². The van der Waals surface area contributed by atoms with E-state index in [4.69, 9.17) is 9.97 Å². The molecule has 1 N–H and O–H groups in total. The van der Waals surface area contributed by atoms with E-state index in [1.165, 1.54) is 35.3 Å². The van der Waals surface area contributed by atoms with Gasteiger partial charge in [-0.05, 0) is 37.2 Å². The van der Waals surface area contributed by atoms with Crippen LogP contribution < -0.4 is 10.2 Å². The fraction of sp³-hybridized carbons (Fsp3) is 0.684. The molecule has 130 valence electrons. The molecular weight excluding hydrogens is 316 g/mol. The standard InChI is InChI=1S/C19H28N4S/c1-4-13(3)17-21-18(23-9-7-20-8-10-23)16-14-6-5-12(2)11-15(14)24-19(16)22-17/h12-13,20H,4-11H2,1-3H3. The van der Waals surface area contributed by atoms with E-state index in [9.17, 15) is 0 Å². The fourth-order valence-electron chi connectivity index (χ4n) is 3.85. The van der Waals surface area contributed by atoms with E-state index in [1.807, 2.05) is 11.3 Å². The second-order valence-corrected chi connectivity index (χ2v) is 8.57. The second-order valence-electron chi connectivity index (χ2n) is 7.48. The Hall–Kier alpha value is -1.20. The Balaban J connectivity index is 1.88. The van der Waals surface area contributed by atoms with Crippen LogP contribution in [-0.2, 0) is 12.8 Å². The smallest absolute Gasteiger partial charge is 0.141 e. The number of thiophene rings is 1. The molecule has 0 amide bonds. The minimum atomic E-state index is 0.425. The maximum absolute atomic E-state index is 5.09. The van der Waals surface area contributed by atoms with Gasteiger partial charge in [-0.2, -0.15) is 0 Å². The number of piperazine rings is 1. The molecule has 2 atom stereocenters. The zero-order chi connectivity index (χ0) is 16.7. The van der Waals surface area contributed by atoms with E-state index in [-0.39, 0.29) is 0 Å². The summed E-state index contributed by atoms with van der Waals surface area (Å²) in [6, 6.07) is 0. The molecule has 5 heteroatoms. The van der Waals surface area contributed by atoms with Gasteiger partial charge >= 0.3 is 0 Å². The van der Waals surface area contributed by atoms with Crippen molar-refractivity contribution in [1.29, 1.82) is 0 Å². The monoisotopic (exact) mass is 344 g/mol. The van der Waals surface area contributed by atoms with Crippen LogP contribution in [0.5, 0.6) is 0 Å². The van der Waals surface area contributed by atoms with Gasteiger partial charge in [0.25, 0.3) is 0 Å². The SMILES string of the molecule is CCC(C)c1nc(N2CCNCC2)c2c3c(sc2n1)CC(C)CC3. The van der Waals surface area contributed by atoms with Gasteiger partial charge in [0.05, 0.1) is 5.39 Å². The lowest BCUT2D eigenvalue weighted by molar-refractivity contribution is 0.509. The van der Waals surface area contributed by atoms with Crippen molar-refractivity contribution in [3.05, 3.63) is 16.3 Å². The van der Waals surface area contributed by atoms with Crippen molar-refractivity contribution < 1.29 is 0 Å². The highest BCUT2D eigenvalue weighted by atomic mass is 32.1. The molecule has 4 nitrogen and oxygen atoms in total. The normalized spacial score (nSPS) is 22.6. The Morgan fingerprint density at radius 2 is 2.08 bits per heavy atom. The van der Waals surface area contributed by atoms with E-state index < -0.39 is 0 Å². The highest BCUT2D eigenvalue weighted by Gasteiger charge is 2.27. The Labute approximate surface area is 148 Å². The quantitative estimate of drug-likeness (QED) is 0.921. The molecule has 0 aromatic carbocycles. The number of aryl methyl sites for hydroxylation is 1. The topological polar surface area (TPSA) is 41.1 Å². The van der Waals surface area contributed by atoms with E-state index >= 15 is 0 Å². The van der Waals surface area contributed by atoms with Crippen molar-refractivity contribution >= 4 is 27.4 Å². The number of hydrogen-bond donors (Lipinski definition) is 1. The van der Waals surface area contributed by atoms with Gasteiger partial charge in [0, 0.05) is 37.0 Å². The summed E-state index contributed by atoms with van der Waals surface area (Å²) >= 11 is 1.93. The van der Waals surface area contributed by atoms with Crippen molar-refractivity contribution in [1.82, 2.24) is 15.3 Å². The molecule has 24 heavy (non-hydrogen) atoms. The summed E-state index contributed by atoms with van der Waals surface area (Å²) in [4.78, 5) is 15.4. The number of nitrogens with zero attached hydrogens (tertiary/aromatic N) is 3. The molecule has 0 radical (unpaired) electrons. The molecular formula is C19H28N4S. The molecule has 0 saturated carbocycles. The second kappa shape index (κ2) is 6.60. The lowest BCUT2D eigenvalue weighted by Gasteiger charge is -2.30. The molecule has 0 spiro atoms. The third-order valence-electron chi connectivity index (χ3n) is 5.62. The van der Waals surface area contributed by atoms with Crippen molar-refractivity contribution in [3.8, 4) is 0 Å². The van der Waals surface area contributed by atoms with Gasteiger partial charge in [-0.1, -0.05) is 20.8 Å². The minimum Gasteiger partial charge on any atom is -0.353 e. The highest BCUT2D eigenvalue weighted by Crippen LogP contribution is 2.41. The fourth-order valence-corrected chi connectivity index (χ4v) is 5.23. The average molecular weight is 345 g/mol. The van der Waals surface area contributed by atoms with Crippen LogP contribution in [0.2, 0.25) is 0 Å². The van der Waals surface area contributed by atoms with Crippen LogP contribution in [0.25, 0.3) is 10.2 Å². The van der Waals surface area contributed by atoms with Crippen LogP contribution in [0, 0.1) is 5.92 Å².